The topological polar surface area (TPSA) is 46.6 Å². The maximum Gasteiger partial charge on any atom is 0.339 e. The van der Waals surface area contributed by atoms with Crippen LogP contribution >= 0.6 is 15.9 Å². The first-order valence-electron chi connectivity index (χ1n) is 7.23. The lowest BCUT2D eigenvalue weighted by Gasteiger charge is -2.38. The molecule has 2 rings (SSSR count). The Labute approximate surface area is 133 Å². The van der Waals surface area contributed by atoms with Crippen LogP contribution in [0, 0.1) is 0 Å². The molecule has 0 N–H and O–H groups in total. The van der Waals surface area contributed by atoms with Gasteiger partial charge in [-0.2, -0.15) is 0 Å². The number of nitrogens with zero attached hydrogens (tertiary/aromatic N) is 1. The van der Waals surface area contributed by atoms with E-state index in [9.17, 15) is 9.59 Å². The van der Waals surface area contributed by atoms with E-state index in [4.69, 9.17) is 4.74 Å². The third-order valence-corrected chi connectivity index (χ3v) is 4.59. The van der Waals surface area contributed by atoms with Gasteiger partial charge in [-0.05, 0) is 61.2 Å². The number of esters is 1. The zero-order chi connectivity index (χ0) is 15.4. The molecule has 0 saturated carbocycles. The summed E-state index contributed by atoms with van der Waals surface area (Å²) in [7, 11) is 0. The van der Waals surface area contributed by atoms with Gasteiger partial charge in [-0.25, -0.2) is 4.79 Å². The van der Waals surface area contributed by atoms with Crippen LogP contribution < -0.4 is 0 Å². The van der Waals surface area contributed by atoms with E-state index in [2.05, 4.69) is 15.9 Å². The molecule has 21 heavy (non-hydrogen) atoms. The highest BCUT2D eigenvalue weighted by Gasteiger charge is 2.29. The molecule has 4 nitrogen and oxygen atoms in total. The molecule has 2 atom stereocenters. The van der Waals surface area contributed by atoms with Crippen LogP contribution in [0.2, 0.25) is 0 Å². The molecule has 114 valence electrons. The third kappa shape index (κ3) is 3.84. The quantitative estimate of drug-likeness (QED) is 0.782. The zero-order valence-electron chi connectivity index (χ0n) is 12.3. The number of hydrogen-bond donors (Lipinski definition) is 0. The highest BCUT2D eigenvalue weighted by atomic mass is 79.9. The number of rotatable bonds is 3. The van der Waals surface area contributed by atoms with Crippen LogP contribution in [0.15, 0.2) is 28.7 Å². The van der Waals surface area contributed by atoms with Gasteiger partial charge in [0.05, 0.1) is 5.56 Å². The van der Waals surface area contributed by atoms with E-state index >= 15 is 0 Å². The summed E-state index contributed by atoms with van der Waals surface area (Å²) in [6.45, 7) is 3.89. The number of hydrogen-bond acceptors (Lipinski definition) is 3. The second kappa shape index (κ2) is 7.07. The largest absolute Gasteiger partial charge is 0.452 e. The van der Waals surface area contributed by atoms with Crippen molar-refractivity contribution in [2.75, 3.05) is 6.61 Å². The average molecular weight is 354 g/mol. The van der Waals surface area contributed by atoms with Crippen molar-refractivity contribution >= 4 is 27.8 Å². The Hall–Kier alpha value is -1.36. The first kappa shape index (κ1) is 16.0. The van der Waals surface area contributed by atoms with Gasteiger partial charge in [0, 0.05) is 16.6 Å². The monoisotopic (exact) mass is 353 g/mol. The summed E-state index contributed by atoms with van der Waals surface area (Å²) in [6.07, 6.45) is 3.16. The molecular weight excluding hydrogens is 334 g/mol. The SMILES string of the molecule is C[C@H]1CCC[C@H](C)N1C(=O)COC(=O)c1ccccc1Br. The van der Waals surface area contributed by atoms with Gasteiger partial charge in [0.25, 0.3) is 5.91 Å². The molecule has 0 unspecified atom stereocenters. The molecule has 0 spiro atoms. The normalized spacial score (nSPS) is 22.0. The standard InChI is InChI=1S/C16H20BrNO3/c1-11-6-5-7-12(2)18(11)15(19)10-21-16(20)13-8-3-4-9-14(13)17/h3-4,8-9,11-12H,5-7,10H2,1-2H3/t11-,12-/m0/s1. The first-order chi connectivity index (χ1) is 10.0. The van der Waals surface area contributed by atoms with Crippen LogP contribution in [0.3, 0.4) is 0 Å². The number of piperidine rings is 1. The van der Waals surface area contributed by atoms with Crippen molar-refractivity contribution in [3.8, 4) is 0 Å². The molecule has 1 heterocycles. The third-order valence-electron chi connectivity index (χ3n) is 3.90. The summed E-state index contributed by atoms with van der Waals surface area (Å²) in [5, 5.41) is 0. The minimum absolute atomic E-state index is 0.116. The lowest BCUT2D eigenvalue weighted by molar-refractivity contribution is -0.140. The number of carbonyl (C=O) groups excluding carboxylic acids is 2. The highest BCUT2D eigenvalue weighted by Crippen LogP contribution is 2.23. The Morgan fingerprint density at radius 2 is 1.86 bits per heavy atom. The van der Waals surface area contributed by atoms with Gasteiger partial charge in [-0.3, -0.25) is 4.79 Å². The number of likely N-dealkylation sites (tertiary alicyclic amines) is 1. The van der Waals surface area contributed by atoms with Gasteiger partial charge in [0.15, 0.2) is 6.61 Å². The van der Waals surface area contributed by atoms with Crippen molar-refractivity contribution in [3.05, 3.63) is 34.3 Å². The van der Waals surface area contributed by atoms with E-state index < -0.39 is 5.97 Å². The Kier molecular flexibility index (Phi) is 5.39. The van der Waals surface area contributed by atoms with Crippen molar-refractivity contribution in [2.45, 2.75) is 45.2 Å². The van der Waals surface area contributed by atoms with E-state index in [1.165, 1.54) is 0 Å². The predicted octanol–water partition coefficient (Wildman–Crippen LogP) is 3.40. The van der Waals surface area contributed by atoms with Crippen molar-refractivity contribution in [1.82, 2.24) is 4.90 Å². The summed E-state index contributed by atoms with van der Waals surface area (Å²) in [5.74, 6) is -0.594. The van der Waals surface area contributed by atoms with Gasteiger partial charge in [0.2, 0.25) is 0 Å². The summed E-state index contributed by atoms with van der Waals surface area (Å²) in [5.41, 5.74) is 0.435. The average Bonchev–Trinajstić information content (AvgIpc) is 2.45. The molecule has 5 heteroatoms. The van der Waals surface area contributed by atoms with Gasteiger partial charge in [0.1, 0.15) is 0 Å². The molecule has 0 aromatic heterocycles. The molecule has 1 saturated heterocycles. The fourth-order valence-electron chi connectivity index (χ4n) is 2.82. The molecule has 1 amide bonds. The molecule has 0 aliphatic carbocycles. The van der Waals surface area contributed by atoms with Crippen LogP contribution in [0.4, 0.5) is 0 Å². The molecule has 1 aliphatic rings. The summed E-state index contributed by atoms with van der Waals surface area (Å²) in [4.78, 5) is 26.1. The van der Waals surface area contributed by atoms with E-state index in [0.717, 1.165) is 19.3 Å². The van der Waals surface area contributed by atoms with E-state index in [0.29, 0.717) is 10.0 Å². The van der Waals surface area contributed by atoms with Crippen LogP contribution in [-0.4, -0.2) is 35.5 Å². The van der Waals surface area contributed by atoms with E-state index in [-0.39, 0.29) is 24.6 Å². The second-order valence-electron chi connectivity index (χ2n) is 5.49. The molecule has 0 bridgehead atoms. The first-order valence-corrected chi connectivity index (χ1v) is 8.03. The minimum Gasteiger partial charge on any atom is -0.452 e. The Morgan fingerprint density at radius 3 is 2.48 bits per heavy atom. The Balaban J connectivity index is 1.95. The molecule has 0 radical (unpaired) electrons. The van der Waals surface area contributed by atoms with Gasteiger partial charge < -0.3 is 9.64 Å². The number of amides is 1. The summed E-state index contributed by atoms with van der Waals surface area (Å²) < 4.78 is 5.83. The molecule has 1 aliphatic heterocycles. The number of halogens is 1. The highest BCUT2D eigenvalue weighted by molar-refractivity contribution is 9.10. The maximum atomic E-state index is 12.3. The zero-order valence-corrected chi connectivity index (χ0v) is 13.9. The smallest absolute Gasteiger partial charge is 0.339 e. The summed E-state index contributed by atoms with van der Waals surface area (Å²) >= 11 is 3.30. The lowest BCUT2D eigenvalue weighted by Crippen LogP contribution is -2.49. The van der Waals surface area contributed by atoms with Gasteiger partial charge in [-0.15, -0.1) is 0 Å². The fraction of sp³-hybridized carbons (Fsp3) is 0.500. The van der Waals surface area contributed by atoms with E-state index in [1.807, 2.05) is 24.8 Å². The lowest BCUT2D eigenvalue weighted by atomic mass is 9.97. The van der Waals surface area contributed by atoms with E-state index in [1.54, 1.807) is 18.2 Å². The number of ether oxygens (including phenoxy) is 1. The Morgan fingerprint density at radius 1 is 1.24 bits per heavy atom. The Bertz CT molecular complexity index is 522. The van der Waals surface area contributed by atoms with Gasteiger partial charge in [-0.1, -0.05) is 12.1 Å². The second-order valence-corrected chi connectivity index (χ2v) is 6.34. The van der Waals surface area contributed by atoms with Crippen molar-refractivity contribution in [1.29, 1.82) is 0 Å². The number of carbonyl (C=O) groups is 2. The summed E-state index contributed by atoms with van der Waals surface area (Å²) in [6, 6.07) is 7.45. The molecule has 1 aromatic rings. The number of benzene rings is 1. The van der Waals surface area contributed by atoms with Crippen molar-refractivity contribution < 1.29 is 14.3 Å². The maximum absolute atomic E-state index is 12.3. The van der Waals surface area contributed by atoms with Crippen molar-refractivity contribution in [2.24, 2.45) is 0 Å². The van der Waals surface area contributed by atoms with Crippen LogP contribution in [0.5, 0.6) is 0 Å². The van der Waals surface area contributed by atoms with Crippen LogP contribution in [0.25, 0.3) is 0 Å². The molecule has 1 aromatic carbocycles. The van der Waals surface area contributed by atoms with Crippen molar-refractivity contribution in [3.63, 3.8) is 0 Å². The minimum atomic E-state index is -0.479. The fourth-order valence-corrected chi connectivity index (χ4v) is 3.27. The molecular formula is C16H20BrNO3. The van der Waals surface area contributed by atoms with Crippen LogP contribution in [0.1, 0.15) is 43.5 Å². The van der Waals surface area contributed by atoms with Crippen LogP contribution in [-0.2, 0) is 9.53 Å². The molecule has 1 fully saturated rings. The van der Waals surface area contributed by atoms with Gasteiger partial charge >= 0.3 is 5.97 Å². The predicted molar refractivity (Wildman–Crippen MR) is 84.0 cm³/mol.